The summed E-state index contributed by atoms with van der Waals surface area (Å²) in [6.07, 6.45) is 2.56. The van der Waals surface area contributed by atoms with E-state index in [4.69, 9.17) is 16.9 Å². The van der Waals surface area contributed by atoms with E-state index in [1.807, 2.05) is 12.1 Å². The van der Waals surface area contributed by atoms with Crippen molar-refractivity contribution in [1.82, 2.24) is 9.55 Å². The molecule has 0 spiro atoms. The summed E-state index contributed by atoms with van der Waals surface area (Å²) < 4.78 is 2.21. The highest BCUT2D eigenvalue weighted by molar-refractivity contribution is 6.16. The van der Waals surface area contributed by atoms with E-state index in [0.717, 1.165) is 22.8 Å². The highest BCUT2D eigenvalue weighted by atomic mass is 35.5. The summed E-state index contributed by atoms with van der Waals surface area (Å²) in [4.78, 5) is 4.54. The van der Waals surface area contributed by atoms with Crippen LogP contribution in [0.1, 0.15) is 37.2 Å². The van der Waals surface area contributed by atoms with E-state index in [1.54, 1.807) is 6.07 Å². The zero-order valence-electron chi connectivity index (χ0n) is 10.2. The number of imidazole rings is 1. The second-order valence-electron chi connectivity index (χ2n) is 4.89. The normalized spacial score (nSPS) is 16.7. The summed E-state index contributed by atoms with van der Waals surface area (Å²) in [5.41, 5.74) is 2.44. The summed E-state index contributed by atoms with van der Waals surface area (Å²) in [7, 11) is 0. The molecule has 1 unspecified atom stereocenters. The van der Waals surface area contributed by atoms with Gasteiger partial charge in [-0.25, -0.2) is 4.98 Å². The second kappa shape index (κ2) is 4.29. The third-order valence-electron chi connectivity index (χ3n) is 3.74. The Hall–Kier alpha value is -1.53. The fourth-order valence-electron chi connectivity index (χ4n) is 2.59. The molecule has 0 N–H and O–H groups in total. The van der Waals surface area contributed by atoms with Crippen molar-refractivity contribution in [3.63, 3.8) is 0 Å². The SMILES string of the molecule is CC(C1CC1)n1c(CCl)nc2c(C#N)cccc21. The first-order valence-corrected chi connectivity index (χ1v) is 6.75. The Morgan fingerprint density at radius 3 is 2.94 bits per heavy atom. The Labute approximate surface area is 111 Å². The smallest absolute Gasteiger partial charge is 0.125 e. The molecule has 2 aromatic rings. The van der Waals surface area contributed by atoms with Gasteiger partial charge in [-0.2, -0.15) is 5.26 Å². The first kappa shape index (κ1) is 11.6. The Morgan fingerprint density at radius 1 is 1.56 bits per heavy atom. The summed E-state index contributed by atoms with van der Waals surface area (Å²) in [6, 6.07) is 8.36. The minimum Gasteiger partial charge on any atom is -0.324 e. The van der Waals surface area contributed by atoms with Crippen LogP contribution in [-0.2, 0) is 5.88 Å². The van der Waals surface area contributed by atoms with Crippen molar-refractivity contribution in [2.45, 2.75) is 31.7 Å². The van der Waals surface area contributed by atoms with Crippen LogP contribution in [0.2, 0.25) is 0 Å². The molecule has 0 aliphatic heterocycles. The van der Waals surface area contributed by atoms with E-state index in [0.29, 0.717) is 17.5 Å². The van der Waals surface area contributed by atoms with Gasteiger partial charge in [0.1, 0.15) is 17.4 Å². The van der Waals surface area contributed by atoms with Gasteiger partial charge in [-0.05, 0) is 37.8 Å². The monoisotopic (exact) mass is 259 g/mol. The minimum atomic E-state index is 0.386. The summed E-state index contributed by atoms with van der Waals surface area (Å²) in [5.74, 6) is 1.99. The van der Waals surface area contributed by atoms with Crippen LogP contribution >= 0.6 is 11.6 Å². The molecule has 1 aromatic carbocycles. The molecule has 1 heterocycles. The number of hydrogen-bond acceptors (Lipinski definition) is 2. The first-order chi connectivity index (χ1) is 8.76. The van der Waals surface area contributed by atoms with Crippen LogP contribution in [0.5, 0.6) is 0 Å². The lowest BCUT2D eigenvalue weighted by molar-refractivity contribution is 0.486. The molecule has 18 heavy (non-hydrogen) atoms. The van der Waals surface area contributed by atoms with Gasteiger partial charge in [0.15, 0.2) is 0 Å². The molecule has 1 fully saturated rings. The van der Waals surface area contributed by atoms with Crippen LogP contribution in [0.25, 0.3) is 11.0 Å². The van der Waals surface area contributed by atoms with Crippen LogP contribution in [0.3, 0.4) is 0 Å². The Kier molecular flexibility index (Phi) is 2.76. The molecule has 3 nitrogen and oxygen atoms in total. The number of fused-ring (bicyclic) bond motifs is 1. The van der Waals surface area contributed by atoms with Crippen LogP contribution in [0.4, 0.5) is 0 Å². The number of nitriles is 1. The van der Waals surface area contributed by atoms with Crippen LogP contribution in [-0.4, -0.2) is 9.55 Å². The number of rotatable bonds is 3. The maximum absolute atomic E-state index is 9.14. The van der Waals surface area contributed by atoms with E-state index in [2.05, 4.69) is 22.5 Å². The molecule has 1 aliphatic carbocycles. The van der Waals surface area contributed by atoms with Gasteiger partial charge in [-0.1, -0.05) is 6.07 Å². The van der Waals surface area contributed by atoms with Crippen molar-refractivity contribution >= 4 is 22.6 Å². The average molecular weight is 260 g/mol. The Bertz CT molecular complexity index is 634. The number of aromatic nitrogens is 2. The lowest BCUT2D eigenvalue weighted by Gasteiger charge is -2.16. The summed E-state index contributed by atoms with van der Waals surface area (Å²) in [6.45, 7) is 2.22. The van der Waals surface area contributed by atoms with Gasteiger partial charge in [0.05, 0.1) is 17.0 Å². The van der Waals surface area contributed by atoms with E-state index >= 15 is 0 Å². The fraction of sp³-hybridized carbons (Fsp3) is 0.429. The van der Waals surface area contributed by atoms with Crippen molar-refractivity contribution < 1.29 is 0 Å². The number of nitrogens with zero attached hydrogens (tertiary/aromatic N) is 3. The molecule has 0 bridgehead atoms. The van der Waals surface area contributed by atoms with Crippen molar-refractivity contribution in [2.75, 3.05) is 0 Å². The minimum absolute atomic E-state index is 0.386. The van der Waals surface area contributed by atoms with Gasteiger partial charge < -0.3 is 4.57 Å². The van der Waals surface area contributed by atoms with Gasteiger partial charge in [0.25, 0.3) is 0 Å². The Balaban J connectivity index is 2.25. The molecule has 92 valence electrons. The van der Waals surface area contributed by atoms with Gasteiger partial charge in [-0.3, -0.25) is 0 Å². The highest BCUT2D eigenvalue weighted by Crippen LogP contribution is 2.41. The van der Waals surface area contributed by atoms with Crippen molar-refractivity contribution in [2.24, 2.45) is 5.92 Å². The molecular weight excluding hydrogens is 246 g/mol. The number of para-hydroxylation sites is 1. The zero-order valence-corrected chi connectivity index (χ0v) is 11.0. The van der Waals surface area contributed by atoms with Gasteiger partial charge >= 0.3 is 0 Å². The summed E-state index contributed by atoms with van der Waals surface area (Å²) in [5, 5.41) is 9.14. The molecule has 4 heteroatoms. The van der Waals surface area contributed by atoms with Crippen molar-refractivity contribution in [3.8, 4) is 6.07 Å². The van der Waals surface area contributed by atoms with Gasteiger partial charge in [-0.15, -0.1) is 11.6 Å². The number of halogens is 1. The maximum Gasteiger partial charge on any atom is 0.125 e. The quantitative estimate of drug-likeness (QED) is 0.790. The molecule has 3 rings (SSSR count). The van der Waals surface area contributed by atoms with E-state index in [1.165, 1.54) is 12.8 Å². The predicted octanol–water partition coefficient (Wildman–Crippen LogP) is 3.62. The second-order valence-corrected chi connectivity index (χ2v) is 5.16. The third-order valence-corrected chi connectivity index (χ3v) is 3.98. The predicted molar refractivity (Wildman–Crippen MR) is 71.4 cm³/mol. The standard InChI is InChI=1S/C14H14ClN3/c1-9(10-5-6-10)18-12-4-2-3-11(8-16)14(12)17-13(18)7-15/h2-4,9-10H,5-7H2,1H3. The summed E-state index contributed by atoms with van der Waals surface area (Å²) >= 11 is 6.00. The van der Waals surface area contributed by atoms with Gasteiger partial charge in [0, 0.05) is 6.04 Å². The van der Waals surface area contributed by atoms with Crippen LogP contribution < -0.4 is 0 Å². The molecule has 1 saturated carbocycles. The zero-order chi connectivity index (χ0) is 12.7. The molecule has 0 radical (unpaired) electrons. The largest absolute Gasteiger partial charge is 0.324 e. The topological polar surface area (TPSA) is 41.6 Å². The van der Waals surface area contributed by atoms with Crippen molar-refractivity contribution in [3.05, 3.63) is 29.6 Å². The molecular formula is C14H14ClN3. The van der Waals surface area contributed by atoms with Gasteiger partial charge in [0.2, 0.25) is 0 Å². The number of alkyl halides is 1. The van der Waals surface area contributed by atoms with Crippen molar-refractivity contribution in [1.29, 1.82) is 5.26 Å². The fourth-order valence-corrected chi connectivity index (χ4v) is 2.78. The van der Waals surface area contributed by atoms with Crippen LogP contribution in [0, 0.1) is 17.2 Å². The third kappa shape index (κ3) is 1.69. The molecule has 0 saturated heterocycles. The maximum atomic E-state index is 9.14. The lowest BCUT2D eigenvalue weighted by atomic mass is 10.1. The molecule has 1 aliphatic rings. The highest BCUT2D eigenvalue weighted by Gasteiger charge is 2.31. The molecule has 1 atom stereocenters. The van der Waals surface area contributed by atoms with E-state index in [-0.39, 0.29) is 0 Å². The van der Waals surface area contributed by atoms with E-state index < -0.39 is 0 Å². The van der Waals surface area contributed by atoms with E-state index in [9.17, 15) is 0 Å². The van der Waals surface area contributed by atoms with Crippen LogP contribution in [0.15, 0.2) is 18.2 Å². The lowest BCUT2D eigenvalue weighted by Crippen LogP contribution is -2.10. The number of benzene rings is 1. The number of hydrogen-bond donors (Lipinski definition) is 0. The molecule has 0 amide bonds. The average Bonchev–Trinajstić information content (AvgIpc) is 3.17. The Morgan fingerprint density at radius 2 is 2.33 bits per heavy atom. The molecule has 1 aromatic heterocycles. The first-order valence-electron chi connectivity index (χ1n) is 6.22.